The second-order valence-electron chi connectivity index (χ2n) is 6.17. The lowest BCUT2D eigenvalue weighted by Crippen LogP contribution is -2.24. The number of hydrogen-bond acceptors (Lipinski definition) is 5. The molecule has 148 valence electrons. The van der Waals surface area contributed by atoms with Gasteiger partial charge in [0.05, 0.1) is 4.90 Å². The Kier molecular flexibility index (Phi) is 7.08. The summed E-state index contributed by atoms with van der Waals surface area (Å²) in [6, 6.07) is 13.7. The van der Waals surface area contributed by atoms with Crippen LogP contribution < -0.4 is 5.32 Å². The van der Waals surface area contributed by atoms with E-state index in [1.165, 1.54) is 26.2 Å². The number of benzene rings is 2. The summed E-state index contributed by atoms with van der Waals surface area (Å²) in [5.74, 6) is -1.22. The minimum atomic E-state index is -3.64. The van der Waals surface area contributed by atoms with Crippen molar-refractivity contribution in [1.29, 1.82) is 0 Å². The fourth-order valence-corrected chi connectivity index (χ4v) is 3.41. The van der Waals surface area contributed by atoms with Crippen molar-refractivity contribution in [2.24, 2.45) is 0 Å². The maximum atomic E-state index is 12.3. The third-order valence-electron chi connectivity index (χ3n) is 3.79. The summed E-state index contributed by atoms with van der Waals surface area (Å²) < 4.78 is 30.7. The second kappa shape index (κ2) is 9.29. The number of nitrogens with one attached hydrogen (secondary N) is 1. The molecule has 0 bridgehead atoms. The van der Waals surface area contributed by atoms with Crippen LogP contribution in [0.5, 0.6) is 0 Å². The Bertz CT molecular complexity index is 983. The van der Waals surface area contributed by atoms with Crippen molar-refractivity contribution in [1.82, 2.24) is 4.31 Å². The molecule has 28 heavy (non-hydrogen) atoms. The highest BCUT2D eigenvalue weighted by Crippen LogP contribution is 2.22. The molecule has 1 N–H and O–H groups in total. The molecule has 2 rings (SSSR count). The summed E-state index contributed by atoms with van der Waals surface area (Å²) in [4.78, 5) is 23.8. The number of anilines is 1. The first kappa shape index (κ1) is 21.3. The zero-order chi connectivity index (χ0) is 20.7. The first-order valence-corrected chi connectivity index (χ1v) is 9.87. The van der Waals surface area contributed by atoms with E-state index in [1.54, 1.807) is 25.1 Å². The smallest absolute Gasteiger partial charge is 0.331 e. The number of rotatable bonds is 7. The lowest BCUT2D eigenvalue weighted by molar-refractivity contribution is -0.142. The molecule has 0 spiro atoms. The Morgan fingerprint density at radius 3 is 2.43 bits per heavy atom. The van der Waals surface area contributed by atoms with E-state index < -0.39 is 28.5 Å². The number of hydrogen-bond donors (Lipinski definition) is 1. The largest absolute Gasteiger partial charge is 0.452 e. The monoisotopic (exact) mass is 402 g/mol. The lowest BCUT2D eigenvalue weighted by atomic mass is 10.2. The van der Waals surface area contributed by atoms with Crippen LogP contribution in [0.15, 0.2) is 59.5 Å². The van der Waals surface area contributed by atoms with Gasteiger partial charge >= 0.3 is 5.97 Å². The first-order chi connectivity index (χ1) is 13.2. The Hall–Kier alpha value is -2.97. The zero-order valence-corrected chi connectivity index (χ0v) is 16.7. The van der Waals surface area contributed by atoms with Crippen LogP contribution >= 0.6 is 0 Å². The lowest BCUT2D eigenvalue weighted by Gasteiger charge is -2.15. The van der Waals surface area contributed by atoms with Gasteiger partial charge in [0.1, 0.15) is 0 Å². The van der Waals surface area contributed by atoms with Crippen molar-refractivity contribution in [3.8, 4) is 0 Å². The molecule has 0 saturated carbocycles. The molecule has 0 aliphatic rings. The molecule has 0 radical (unpaired) electrons. The maximum Gasteiger partial charge on any atom is 0.331 e. The standard InChI is InChI=1S/C20H22N2O5S/c1-15-9-11-17(13-18(15)28(25,26)22(2)3)21-19(23)14-27-20(24)12-10-16-7-5-4-6-8-16/h4-13H,14H2,1-3H3,(H,21,23)/b12-10+. The SMILES string of the molecule is Cc1ccc(NC(=O)COC(=O)/C=C/c2ccccc2)cc1S(=O)(=O)N(C)C. The average molecular weight is 402 g/mol. The summed E-state index contributed by atoms with van der Waals surface area (Å²) in [6.07, 6.45) is 2.81. The van der Waals surface area contributed by atoms with Crippen LogP contribution in [0.2, 0.25) is 0 Å². The molecule has 0 aliphatic heterocycles. The molecule has 0 fully saturated rings. The van der Waals surface area contributed by atoms with Crippen LogP contribution in [0.3, 0.4) is 0 Å². The van der Waals surface area contributed by atoms with Crippen molar-refractivity contribution in [3.05, 3.63) is 65.7 Å². The normalized spacial score (nSPS) is 11.6. The second-order valence-corrected chi connectivity index (χ2v) is 8.29. The molecule has 0 aliphatic carbocycles. The number of aryl methyl sites for hydroxylation is 1. The molecule has 0 aromatic heterocycles. The van der Waals surface area contributed by atoms with Crippen LogP contribution in [-0.4, -0.2) is 45.3 Å². The van der Waals surface area contributed by atoms with E-state index in [9.17, 15) is 18.0 Å². The molecule has 2 aromatic rings. The number of amides is 1. The molecule has 7 nitrogen and oxygen atoms in total. The summed E-state index contributed by atoms with van der Waals surface area (Å²) in [5.41, 5.74) is 1.69. The van der Waals surface area contributed by atoms with Gasteiger partial charge in [-0.15, -0.1) is 0 Å². The van der Waals surface area contributed by atoms with Gasteiger partial charge in [-0.25, -0.2) is 17.5 Å². The van der Waals surface area contributed by atoms with E-state index in [0.29, 0.717) is 11.3 Å². The number of carbonyl (C=O) groups excluding carboxylic acids is 2. The fourth-order valence-electron chi connectivity index (χ4n) is 2.26. The van der Waals surface area contributed by atoms with Gasteiger partial charge < -0.3 is 10.1 Å². The van der Waals surface area contributed by atoms with Crippen LogP contribution in [0, 0.1) is 6.92 Å². The Morgan fingerprint density at radius 1 is 1.11 bits per heavy atom. The minimum Gasteiger partial charge on any atom is -0.452 e. The van der Waals surface area contributed by atoms with Gasteiger partial charge in [0.2, 0.25) is 10.0 Å². The molecule has 1 amide bonds. The predicted octanol–water partition coefficient (Wildman–Crippen LogP) is 2.44. The van der Waals surface area contributed by atoms with Gasteiger partial charge in [-0.1, -0.05) is 36.4 Å². The molecule has 0 saturated heterocycles. The summed E-state index contributed by atoms with van der Waals surface area (Å²) in [7, 11) is -0.772. The van der Waals surface area contributed by atoms with Gasteiger partial charge in [0, 0.05) is 25.9 Å². The molecule has 2 aromatic carbocycles. The van der Waals surface area contributed by atoms with Crippen LogP contribution in [0.25, 0.3) is 6.08 Å². The third kappa shape index (κ3) is 5.77. The highest BCUT2D eigenvalue weighted by molar-refractivity contribution is 7.89. The molecule has 0 atom stereocenters. The van der Waals surface area contributed by atoms with Crippen LogP contribution in [0.4, 0.5) is 5.69 Å². The highest BCUT2D eigenvalue weighted by Gasteiger charge is 2.20. The highest BCUT2D eigenvalue weighted by atomic mass is 32.2. The Morgan fingerprint density at radius 2 is 1.79 bits per heavy atom. The number of nitrogens with zero attached hydrogens (tertiary/aromatic N) is 1. The summed E-state index contributed by atoms with van der Waals surface area (Å²) in [6.45, 7) is 1.18. The third-order valence-corrected chi connectivity index (χ3v) is 5.74. The molecular formula is C20H22N2O5S. The van der Waals surface area contributed by atoms with E-state index in [-0.39, 0.29) is 4.90 Å². The van der Waals surface area contributed by atoms with Crippen molar-refractivity contribution in [2.45, 2.75) is 11.8 Å². The summed E-state index contributed by atoms with van der Waals surface area (Å²) in [5, 5.41) is 2.53. The fraction of sp³-hybridized carbons (Fsp3) is 0.200. The van der Waals surface area contributed by atoms with E-state index in [1.807, 2.05) is 30.3 Å². The van der Waals surface area contributed by atoms with E-state index in [0.717, 1.165) is 9.87 Å². The van der Waals surface area contributed by atoms with E-state index in [2.05, 4.69) is 5.32 Å². The number of sulfonamides is 1. The van der Waals surface area contributed by atoms with Crippen LogP contribution in [-0.2, 0) is 24.3 Å². The molecular weight excluding hydrogens is 380 g/mol. The number of esters is 1. The van der Waals surface area contributed by atoms with Crippen molar-refractivity contribution >= 4 is 33.7 Å². The number of carbonyl (C=O) groups is 2. The van der Waals surface area contributed by atoms with E-state index in [4.69, 9.17) is 4.74 Å². The first-order valence-electron chi connectivity index (χ1n) is 8.43. The van der Waals surface area contributed by atoms with Crippen LogP contribution in [0.1, 0.15) is 11.1 Å². The van der Waals surface area contributed by atoms with Crippen molar-refractivity contribution < 1.29 is 22.7 Å². The van der Waals surface area contributed by atoms with E-state index >= 15 is 0 Å². The Balaban J connectivity index is 1.96. The molecule has 8 heteroatoms. The average Bonchev–Trinajstić information content (AvgIpc) is 2.66. The van der Waals surface area contributed by atoms with Gasteiger partial charge in [0.25, 0.3) is 5.91 Å². The van der Waals surface area contributed by atoms with Gasteiger partial charge in [-0.05, 0) is 36.3 Å². The summed E-state index contributed by atoms with van der Waals surface area (Å²) >= 11 is 0. The molecule has 0 heterocycles. The minimum absolute atomic E-state index is 0.0955. The predicted molar refractivity (Wildman–Crippen MR) is 107 cm³/mol. The molecule has 0 unspecified atom stereocenters. The Labute approximate surface area is 164 Å². The van der Waals surface area contributed by atoms with Gasteiger partial charge in [-0.3, -0.25) is 4.79 Å². The topological polar surface area (TPSA) is 92.8 Å². The zero-order valence-electron chi connectivity index (χ0n) is 15.9. The quantitative estimate of drug-likeness (QED) is 0.567. The van der Waals surface area contributed by atoms with Crippen molar-refractivity contribution in [3.63, 3.8) is 0 Å². The van der Waals surface area contributed by atoms with Gasteiger partial charge in [-0.2, -0.15) is 0 Å². The van der Waals surface area contributed by atoms with Crippen molar-refractivity contribution in [2.75, 3.05) is 26.0 Å². The number of ether oxygens (including phenoxy) is 1. The maximum absolute atomic E-state index is 12.3. The van der Waals surface area contributed by atoms with Gasteiger partial charge in [0.15, 0.2) is 6.61 Å².